The molecule has 1 rings (SSSR count). The maximum absolute atomic E-state index is 4.68. The molecule has 1 aliphatic heterocycles. The molecule has 1 unspecified atom stereocenters. The number of nitrogens with one attached hydrogen (secondary N) is 2. The van der Waals surface area contributed by atoms with E-state index in [0.29, 0.717) is 6.04 Å². The van der Waals surface area contributed by atoms with Crippen LogP contribution in [-0.4, -0.2) is 49.1 Å². The fraction of sp³-hybridized carbons (Fsp3) is 0.923. The Morgan fingerprint density at radius 2 is 2.06 bits per heavy atom. The minimum atomic E-state index is 0. The highest BCUT2D eigenvalue weighted by atomic mass is 127. The van der Waals surface area contributed by atoms with Gasteiger partial charge in [0.05, 0.1) is 6.54 Å². The number of nitrogens with zero attached hydrogens (tertiary/aromatic N) is 2. The summed E-state index contributed by atoms with van der Waals surface area (Å²) in [7, 11) is 2.19. The van der Waals surface area contributed by atoms with E-state index in [-0.39, 0.29) is 29.5 Å². The second-order valence-corrected chi connectivity index (χ2v) is 5.87. The van der Waals surface area contributed by atoms with E-state index in [4.69, 9.17) is 0 Å². The van der Waals surface area contributed by atoms with Gasteiger partial charge in [-0.3, -0.25) is 4.99 Å². The fourth-order valence-electron chi connectivity index (χ4n) is 2.07. The molecule has 2 N–H and O–H groups in total. The number of halogens is 1. The van der Waals surface area contributed by atoms with Gasteiger partial charge in [-0.2, -0.15) is 0 Å². The molecule has 0 saturated carbocycles. The summed E-state index contributed by atoms with van der Waals surface area (Å²) >= 11 is 0. The van der Waals surface area contributed by atoms with Crippen LogP contribution in [0.4, 0.5) is 0 Å². The Morgan fingerprint density at radius 3 is 2.50 bits per heavy atom. The Bertz CT molecular complexity index is 260. The van der Waals surface area contributed by atoms with Crippen molar-refractivity contribution in [3.63, 3.8) is 0 Å². The van der Waals surface area contributed by atoms with Crippen molar-refractivity contribution in [2.45, 2.75) is 52.1 Å². The van der Waals surface area contributed by atoms with Gasteiger partial charge in [0, 0.05) is 18.1 Å². The average molecular weight is 368 g/mol. The van der Waals surface area contributed by atoms with Crippen LogP contribution in [-0.2, 0) is 0 Å². The van der Waals surface area contributed by atoms with E-state index in [2.05, 4.69) is 55.3 Å². The topological polar surface area (TPSA) is 39.7 Å². The highest BCUT2D eigenvalue weighted by Crippen LogP contribution is 2.14. The van der Waals surface area contributed by atoms with Gasteiger partial charge in [-0.25, -0.2) is 0 Å². The van der Waals surface area contributed by atoms with Crippen LogP contribution in [0, 0.1) is 0 Å². The quantitative estimate of drug-likeness (QED) is 0.455. The number of hydrogen-bond acceptors (Lipinski definition) is 2. The molecule has 5 heteroatoms. The Morgan fingerprint density at radius 1 is 1.39 bits per heavy atom. The lowest BCUT2D eigenvalue weighted by Gasteiger charge is -2.24. The standard InChI is InChI=1S/C13H28N4.HI/c1-6-14-12(16-13(2,3)4)15-10-11-8-7-9-17(11)5;/h11H,6-10H2,1-5H3,(H2,14,15,16);1H. The highest BCUT2D eigenvalue weighted by molar-refractivity contribution is 14.0. The molecule has 0 spiro atoms. The zero-order valence-corrected chi connectivity index (χ0v) is 14.7. The Hall–Kier alpha value is -0.0400. The minimum absolute atomic E-state index is 0. The number of likely N-dealkylation sites (N-methyl/N-ethyl adjacent to an activating group) is 1. The van der Waals surface area contributed by atoms with E-state index in [9.17, 15) is 0 Å². The van der Waals surface area contributed by atoms with E-state index in [1.165, 1.54) is 19.4 Å². The first kappa shape index (κ1) is 18.0. The number of rotatable bonds is 3. The lowest BCUT2D eigenvalue weighted by Crippen LogP contribution is -2.48. The van der Waals surface area contributed by atoms with Gasteiger partial charge in [-0.05, 0) is 54.1 Å². The second kappa shape index (κ2) is 8.19. The van der Waals surface area contributed by atoms with Gasteiger partial charge < -0.3 is 15.5 Å². The van der Waals surface area contributed by atoms with Crippen molar-refractivity contribution in [1.29, 1.82) is 0 Å². The van der Waals surface area contributed by atoms with E-state index in [1.807, 2.05) is 0 Å². The molecule has 0 aromatic carbocycles. The Labute approximate surface area is 129 Å². The van der Waals surface area contributed by atoms with Crippen molar-refractivity contribution < 1.29 is 0 Å². The summed E-state index contributed by atoms with van der Waals surface area (Å²) in [5.41, 5.74) is 0.0581. The van der Waals surface area contributed by atoms with Crippen molar-refractivity contribution in [2.75, 3.05) is 26.7 Å². The zero-order chi connectivity index (χ0) is 12.9. The third-order valence-electron chi connectivity index (χ3n) is 2.97. The predicted octanol–water partition coefficient (Wildman–Crippen LogP) is 2.05. The normalized spacial score (nSPS) is 21.6. The van der Waals surface area contributed by atoms with Gasteiger partial charge >= 0.3 is 0 Å². The van der Waals surface area contributed by atoms with Crippen LogP contribution in [0.1, 0.15) is 40.5 Å². The first-order valence-corrected chi connectivity index (χ1v) is 6.69. The van der Waals surface area contributed by atoms with E-state index in [0.717, 1.165) is 19.0 Å². The molecule has 1 saturated heterocycles. The van der Waals surface area contributed by atoms with E-state index in [1.54, 1.807) is 0 Å². The maximum atomic E-state index is 4.68. The highest BCUT2D eigenvalue weighted by Gasteiger charge is 2.20. The summed E-state index contributed by atoms with van der Waals surface area (Å²) in [5, 5.41) is 6.71. The molecular weight excluding hydrogens is 339 g/mol. The Kier molecular flexibility index (Phi) is 8.18. The number of aliphatic imine (C=N–C) groups is 1. The Balaban J connectivity index is 0.00000289. The molecule has 4 nitrogen and oxygen atoms in total. The predicted molar refractivity (Wildman–Crippen MR) is 89.9 cm³/mol. The molecule has 0 bridgehead atoms. The molecule has 0 aliphatic carbocycles. The molecule has 0 radical (unpaired) electrons. The van der Waals surface area contributed by atoms with Gasteiger partial charge in [0.2, 0.25) is 0 Å². The smallest absolute Gasteiger partial charge is 0.191 e. The zero-order valence-electron chi connectivity index (χ0n) is 12.4. The van der Waals surface area contributed by atoms with Crippen LogP contribution in [0.15, 0.2) is 4.99 Å². The molecule has 1 fully saturated rings. The summed E-state index contributed by atoms with van der Waals surface area (Å²) in [6.45, 7) is 11.6. The first-order valence-electron chi connectivity index (χ1n) is 6.69. The van der Waals surface area contributed by atoms with Crippen molar-refractivity contribution >= 4 is 29.9 Å². The number of likely N-dealkylation sites (tertiary alicyclic amines) is 1. The van der Waals surface area contributed by atoms with Gasteiger partial charge in [0.1, 0.15) is 0 Å². The minimum Gasteiger partial charge on any atom is -0.357 e. The molecule has 1 atom stereocenters. The van der Waals surface area contributed by atoms with Gasteiger partial charge in [0.15, 0.2) is 5.96 Å². The summed E-state index contributed by atoms with van der Waals surface area (Å²) in [5.74, 6) is 0.931. The summed E-state index contributed by atoms with van der Waals surface area (Å²) in [6, 6.07) is 0.616. The van der Waals surface area contributed by atoms with Crippen molar-refractivity contribution in [3.05, 3.63) is 0 Å². The van der Waals surface area contributed by atoms with Crippen LogP contribution < -0.4 is 10.6 Å². The number of hydrogen-bond donors (Lipinski definition) is 2. The van der Waals surface area contributed by atoms with Gasteiger partial charge in [-0.1, -0.05) is 0 Å². The second-order valence-electron chi connectivity index (χ2n) is 5.87. The van der Waals surface area contributed by atoms with Crippen LogP contribution in [0.3, 0.4) is 0 Å². The average Bonchev–Trinajstić information content (AvgIpc) is 2.59. The van der Waals surface area contributed by atoms with Gasteiger partial charge in [0.25, 0.3) is 0 Å². The van der Waals surface area contributed by atoms with Crippen LogP contribution >= 0.6 is 24.0 Å². The molecular formula is C13H29IN4. The van der Waals surface area contributed by atoms with Crippen molar-refractivity contribution in [2.24, 2.45) is 4.99 Å². The molecule has 1 aliphatic rings. The molecule has 0 amide bonds. The van der Waals surface area contributed by atoms with Crippen LogP contribution in [0.2, 0.25) is 0 Å². The first-order chi connectivity index (χ1) is 7.92. The third-order valence-corrected chi connectivity index (χ3v) is 2.97. The third kappa shape index (κ3) is 6.78. The lowest BCUT2D eigenvalue weighted by molar-refractivity contribution is 0.317. The van der Waals surface area contributed by atoms with Crippen molar-refractivity contribution in [3.8, 4) is 0 Å². The maximum Gasteiger partial charge on any atom is 0.191 e. The fourth-order valence-corrected chi connectivity index (χ4v) is 2.07. The SMILES string of the molecule is CCNC(=NCC1CCCN1C)NC(C)(C)C.I. The lowest BCUT2D eigenvalue weighted by atomic mass is 10.1. The summed E-state index contributed by atoms with van der Waals surface area (Å²) in [4.78, 5) is 7.09. The summed E-state index contributed by atoms with van der Waals surface area (Å²) < 4.78 is 0. The van der Waals surface area contributed by atoms with Gasteiger partial charge in [-0.15, -0.1) is 24.0 Å². The van der Waals surface area contributed by atoms with Crippen LogP contribution in [0.25, 0.3) is 0 Å². The molecule has 0 aromatic heterocycles. The van der Waals surface area contributed by atoms with Crippen LogP contribution in [0.5, 0.6) is 0 Å². The monoisotopic (exact) mass is 368 g/mol. The van der Waals surface area contributed by atoms with Crippen molar-refractivity contribution in [1.82, 2.24) is 15.5 Å². The number of guanidine groups is 1. The van der Waals surface area contributed by atoms with E-state index >= 15 is 0 Å². The molecule has 18 heavy (non-hydrogen) atoms. The molecule has 108 valence electrons. The largest absolute Gasteiger partial charge is 0.357 e. The van der Waals surface area contributed by atoms with E-state index < -0.39 is 0 Å². The molecule has 1 heterocycles. The summed E-state index contributed by atoms with van der Waals surface area (Å²) in [6.07, 6.45) is 2.58. The molecule has 0 aromatic rings.